The van der Waals surface area contributed by atoms with Gasteiger partial charge >= 0.3 is 0 Å². The highest BCUT2D eigenvalue weighted by atomic mass is 16.3. The largest absolute Gasteiger partial charge is 0.385 e. The second-order valence-electron chi connectivity index (χ2n) is 8.12. The first kappa shape index (κ1) is 20.2. The van der Waals surface area contributed by atoms with Crippen molar-refractivity contribution in [3.8, 4) is 0 Å². The molecule has 4 aromatic rings. The summed E-state index contributed by atoms with van der Waals surface area (Å²) in [6.07, 6.45) is 4.62. The first-order valence-corrected chi connectivity index (χ1v) is 10.8. The molecule has 1 aliphatic heterocycles. The third-order valence-electron chi connectivity index (χ3n) is 6.12. The Morgan fingerprint density at radius 2 is 1.69 bits per heavy atom. The number of benzene rings is 2. The van der Waals surface area contributed by atoms with Crippen LogP contribution in [0.4, 0.5) is 11.4 Å². The molecule has 0 saturated carbocycles. The number of rotatable bonds is 4. The van der Waals surface area contributed by atoms with E-state index in [2.05, 4.69) is 20.2 Å². The van der Waals surface area contributed by atoms with Crippen LogP contribution >= 0.6 is 0 Å². The number of fused-ring (bicyclic) bond motifs is 1. The third-order valence-corrected chi connectivity index (χ3v) is 6.12. The molecule has 0 spiro atoms. The van der Waals surface area contributed by atoms with Crippen molar-refractivity contribution in [1.82, 2.24) is 9.97 Å². The molecule has 1 amide bonds. The van der Waals surface area contributed by atoms with Crippen LogP contribution in [0.15, 0.2) is 85.2 Å². The number of aromatic nitrogens is 2. The fourth-order valence-electron chi connectivity index (χ4n) is 4.30. The molecule has 0 bridgehead atoms. The van der Waals surface area contributed by atoms with Gasteiger partial charge in [-0.05, 0) is 42.7 Å². The number of anilines is 2. The number of pyridine rings is 2. The lowest BCUT2D eigenvalue weighted by Crippen LogP contribution is -2.42. The van der Waals surface area contributed by atoms with Crippen molar-refractivity contribution in [2.24, 2.45) is 0 Å². The average molecular weight is 425 g/mol. The van der Waals surface area contributed by atoms with Crippen LogP contribution in [0.5, 0.6) is 0 Å². The molecule has 2 N–H and O–H groups in total. The molecular weight excluding hydrogens is 400 g/mol. The number of para-hydroxylation sites is 1. The van der Waals surface area contributed by atoms with Crippen molar-refractivity contribution in [3.63, 3.8) is 0 Å². The molecule has 3 heterocycles. The van der Waals surface area contributed by atoms with E-state index in [-0.39, 0.29) is 5.91 Å². The van der Waals surface area contributed by atoms with Crippen LogP contribution in [0.2, 0.25) is 0 Å². The molecular formula is C26H24N4O2. The molecule has 6 heteroatoms. The third kappa shape index (κ3) is 3.92. The van der Waals surface area contributed by atoms with Crippen LogP contribution in [-0.2, 0) is 5.60 Å². The summed E-state index contributed by atoms with van der Waals surface area (Å²) in [6.45, 7) is 1.40. The summed E-state index contributed by atoms with van der Waals surface area (Å²) in [5.74, 6) is -0.275. The van der Waals surface area contributed by atoms with Crippen molar-refractivity contribution in [2.75, 3.05) is 23.3 Å². The topological polar surface area (TPSA) is 78.4 Å². The zero-order valence-corrected chi connectivity index (χ0v) is 17.6. The molecule has 1 aliphatic rings. The molecule has 1 saturated heterocycles. The van der Waals surface area contributed by atoms with Crippen LogP contribution < -0.4 is 10.2 Å². The highest BCUT2D eigenvalue weighted by molar-refractivity contribution is 6.07. The standard InChI is InChI=1S/C26H24N4O2/c31-25(29-22-10-4-6-19-7-5-14-28-24(19)22)23-18-21(11-15-27-23)30-16-12-26(32,13-17-30)20-8-2-1-3-9-20/h1-11,14-15,18,32H,12-13,16-17H2,(H,29,31). The number of amides is 1. The van der Waals surface area contributed by atoms with Crippen molar-refractivity contribution in [1.29, 1.82) is 0 Å². The first-order valence-electron chi connectivity index (χ1n) is 10.8. The normalized spacial score (nSPS) is 15.5. The summed E-state index contributed by atoms with van der Waals surface area (Å²) < 4.78 is 0. The van der Waals surface area contributed by atoms with Gasteiger partial charge in [-0.15, -0.1) is 0 Å². The Morgan fingerprint density at radius 1 is 0.906 bits per heavy atom. The number of nitrogens with one attached hydrogen (secondary N) is 1. The lowest BCUT2D eigenvalue weighted by atomic mass is 9.84. The predicted molar refractivity (Wildman–Crippen MR) is 126 cm³/mol. The summed E-state index contributed by atoms with van der Waals surface area (Å²) in [4.78, 5) is 23.8. The first-order chi connectivity index (χ1) is 15.6. The maximum absolute atomic E-state index is 12.9. The number of carbonyl (C=O) groups excluding carboxylic acids is 1. The summed E-state index contributed by atoms with van der Waals surface area (Å²) in [7, 11) is 0. The maximum Gasteiger partial charge on any atom is 0.274 e. The Balaban J connectivity index is 1.31. The van der Waals surface area contributed by atoms with Gasteiger partial charge in [0.2, 0.25) is 0 Å². The van der Waals surface area contributed by atoms with Crippen LogP contribution in [0.3, 0.4) is 0 Å². The van der Waals surface area contributed by atoms with Gasteiger partial charge in [0, 0.05) is 36.6 Å². The van der Waals surface area contributed by atoms with Crippen molar-refractivity contribution < 1.29 is 9.90 Å². The average Bonchev–Trinajstić information content (AvgIpc) is 2.85. The number of hydrogen-bond acceptors (Lipinski definition) is 5. The molecule has 1 fully saturated rings. The monoisotopic (exact) mass is 424 g/mol. The van der Waals surface area contributed by atoms with Gasteiger partial charge in [-0.1, -0.05) is 48.5 Å². The molecule has 0 unspecified atom stereocenters. The molecule has 2 aromatic heterocycles. The Bertz CT molecular complexity index is 1250. The van der Waals surface area contributed by atoms with Crippen molar-refractivity contribution >= 4 is 28.2 Å². The molecule has 2 aromatic carbocycles. The second-order valence-corrected chi connectivity index (χ2v) is 8.12. The summed E-state index contributed by atoms with van der Waals surface area (Å²) in [6, 6.07) is 23.1. The van der Waals surface area contributed by atoms with Crippen molar-refractivity contribution in [3.05, 3.63) is 96.4 Å². The van der Waals surface area contributed by atoms with Gasteiger partial charge in [0.05, 0.1) is 16.8 Å². The summed E-state index contributed by atoms with van der Waals surface area (Å²) in [5, 5.41) is 15.0. The maximum atomic E-state index is 12.9. The number of hydrogen-bond donors (Lipinski definition) is 2. The van der Waals surface area contributed by atoms with Gasteiger partial charge in [-0.3, -0.25) is 14.8 Å². The molecule has 5 rings (SSSR count). The molecule has 0 radical (unpaired) electrons. The SMILES string of the molecule is O=C(Nc1cccc2cccnc12)c1cc(N2CCC(O)(c3ccccc3)CC2)ccn1. The molecule has 0 atom stereocenters. The number of piperidine rings is 1. The van der Waals surface area contributed by atoms with E-state index in [1.54, 1.807) is 18.5 Å². The minimum absolute atomic E-state index is 0.275. The minimum Gasteiger partial charge on any atom is -0.385 e. The number of nitrogens with zero attached hydrogens (tertiary/aromatic N) is 3. The van der Waals surface area contributed by atoms with E-state index >= 15 is 0 Å². The van der Waals surface area contributed by atoms with Gasteiger partial charge < -0.3 is 15.3 Å². The Hall–Kier alpha value is -3.77. The van der Waals surface area contributed by atoms with Gasteiger partial charge in [0.15, 0.2) is 0 Å². The number of aliphatic hydroxyl groups is 1. The van der Waals surface area contributed by atoms with E-state index in [9.17, 15) is 9.90 Å². The fraction of sp³-hybridized carbons (Fsp3) is 0.192. The quantitative estimate of drug-likeness (QED) is 0.509. The Morgan fingerprint density at radius 3 is 2.50 bits per heavy atom. The highest BCUT2D eigenvalue weighted by Gasteiger charge is 2.34. The zero-order chi connectivity index (χ0) is 22.0. The number of carbonyl (C=O) groups is 1. The lowest BCUT2D eigenvalue weighted by Gasteiger charge is -2.39. The van der Waals surface area contributed by atoms with E-state index in [1.165, 1.54) is 0 Å². The minimum atomic E-state index is -0.813. The molecule has 0 aliphatic carbocycles. The van der Waals surface area contributed by atoms with Crippen LogP contribution in [0.1, 0.15) is 28.9 Å². The van der Waals surface area contributed by atoms with E-state index < -0.39 is 5.60 Å². The Kier molecular flexibility index (Phi) is 5.29. The Labute approximate surface area is 186 Å². The molecule has 6 nitrogen and oxygen atoms in total. The van der Waals surface area contributed by atoms with Crippen LogP contribution in [-0.4, -0.2) is 34.1 Å². The van der Waals surface area contributed by atoms with E-state index in [4.69, 9.17) is 0 Å². The summed E-state index contributed by atoms with van der Waals surface area (Å²) in [5.41, 5.74) is 2.82. The van der Waals surface area contributed by atoms with Gasteiger partial charge in [-0.25, -0.2) is 0 Å². The van der Waals surface area contributed by atoms with E-state index in [0.717, 1.165) is 22.2 Å². The smallest absolute Gasteiger partial charge is 0.274 e. The van der Waals surface area contributed by atoms with Crippen molar-refractivity contribution in [2.45, 2.75) is 18.4 Å². The predicted octanol–water partition coefficient (Wildman–Crippen LogP) is 4.37. The van der Waals surface area contributed by atoms with Gasteiger partial charge in [0.1, 0.15) is 5.69 Å². The highest BCUT2D eigenvalue weighted by Crippen LogP contribution is 2.34. The molecule has 32 heavy (non-hydrogen) atoms. The van der Waals surface area contributed by atoms with Crippen LogP contribution in [0, 0.1) is 0 Å². The van der Waals surface area contributed by atoms with Gasteiger partial charge in [-0.2, -0.15) is 0 Å². The fourth-order valence-corrected chi connectivity index (χ4v) is 4.30. The zero-order valence-electron chi connectivity index (χ0n) is 17.6. The van der Waals surface area contributed by atoms with Gasteiger partial charge in [0.25, 0.3) is 5.91 Å². The summed E-state index contributed by atoms with van der Waals surface area (Å²) >= 11 is 0. The second kappa shape index (κ2) is 8.40. The van der Waals surface area contributed by atoms with Crippen LogP contribution in [0.25, 0.3) is 10.9 Å². The lowest BCUT2D eigenvalue weighted by molar-refractivity contribution is 0.0118. The van der Waals surface area contributed by atoms with E-state index in [0.29, 0.717) is 37.3 Å². The van der Waals surface area contributed by atoms with E-state index in [1.807, 2.05) is 66.7 Å². The molecule has 160 valence electrons.